The van der Waals surface area contributed by atoms with Crippen LogP contribution >= 0.6 is 11.6 Å². The van der Waals surface area contributed by atoms with E-state index >= 15 is 0 Å². The van der Waals surface area contributed by atoms with Crippen molar-refractivity contribution in [2.45, 2.75) is 49.8 Å². The van der Waals surface area contributed by atoms with E-state index in [1.165, 1.54) is 57.2 Å². The van der Waals surface area contributed by atoms with E-state index in [4.69, 9.17) is 11.6 Å². The van der Waals surface area contributed by atoms with Gasteiger partial charge in [0, 0.05) is 28.0 Å². The maximum Gasteiger partial charge on any atom is 0.203 e. The van der Waals surface area contributed by atoms with Crippen LogP contribution in [0, 0.1) is 12.3 Å². The lowest BCUT2D eigenvalue weighted by Crippen LogP contribution is -2.39. The number of halogens is 1. The first-order valence-corrected chi connectivity index (χ1v) is 14.4. The summed E-state index contributed by atoms with van der Waals surface area (Å²) < 4.78 is 52.4. The number of carbonyl (C=O) groups is 3. The summed E-state index contributed by atoms with van der Waals surface area (Å²) >= 11 is 5.87. The molecule has 35 heavy (non-hydrogen) atoms. The summed E-state index contributed by atoms with van der Waals surface area (Å²) in [5, 5.41) is 0.334. The lowest BCUT2D eigenvalue weighted by atomic mass is 9.81. The Bertz CT molecular complexity index is 1550. The zero-order valence-corrected chi connectivity index (χ0v) is 21.7. The second-order valence-electron chi connectivity index (χ2n) is 9.44. The van der Waals surface area contributed by atoms with Gasteiger partial charge in [-0.25, -0.2) is 16.8 Å². The van der Waals surface area contributed by atoms with Gasteiger partial charge >= 0.3 is 0 Å². The summed E-state index contributed by atoms with van der Waals surface area (Å²) in [4.78, 5) is 39.2. The summed E-state index contributed by atoms with van der Waals surface area (Å²) in [6.07, 6.45) is 0.277. The fourth-order valence-corrected chi connectivity index (χ4v) is 8.52. The maximum atomic E-state index is 13.7. The van der Waals surface area contributed by atoms with Gasteiger partial charge in [0.1, 0.15) is 0 Å². The number of ketones is 3. The third-order valence-corrected chi connectivity index (χ3v) is 10.8. The number of hydrogen-bond acceptors (Lipinski definition) is 7. The van der Waals surface area contributed by atoms with Gasteiger partial charge < -0.3 is 0 Å². The Morgan fingerprint density at radius 2 is 1.63 bits per heavy atom. The molecule has 0 spiro atoms. The fourth-order valence-electron chi connectivity index (χ4n) is 4.66. The zero-order chi connectivity index (χ0) is 25.9. The molecule has 184 valence electrons. The topological polar surface area (TPSA) is 119 Å². The predicted octanol–water partition coefficient (Wildman–Crippen LogP) is 4.31. The van der Waals surface area contributed by atoms with Crippen LogP contribution in [0.2, 0.25) is 5.02 Å². The van der Waals surface area contributed by atoms with Crippen molar-refractivity contribution in [1.29, 1.82) is 0 Å². The SMILES string of the molecule is Cc1c(C(=O)C2=C(S(=O)(=O)c3ccc(Cl)cc3)CCCC2=O)ccc2c1C(=O)C(C)(C)CS2(=O)=O. The van der Waals surface area contributed by atoms with Crippen LogP contribution in [0.3, 0.4) is 0 Å². The minimum Gasteiger partial charge on any atom is -0.294 e. The van der Waals surface area contributed by atoms with Crippen LogP contribution in [0.5, 0.6) is 0 Å². The molecule has 2 aliphatic rings. The minimum atomic E-state index is -4.18. The normalized spacial score (nSPS) is 19.4. The molecule has 0 saturated heterocycles. The summed E-state index contributed by atoms with van der Waals surface area (Å²) in [6, 6.07) is 7.87. The number of rotatable bonds is 4. The van der Waals surface area contributed by atoms with Gasteiger partial charge in [0.2, 0.25) is 9.84 Å². The lowest BCUT2D eigenvalue weighted by molar-refractivity contribution is -0.115. The Morgan fingerprint density at radius 1 is 1.00 bits per heavy atom. The van der Waals surface area contributed by atoms with Gasteiger partial charge in [0.25, 0.3) is 0 Å². The molecule has 0 unspecified atom stereocenters. The van der Waals surface area contributed by atoms with Crippen molar-refractivity contribution in [2.75, 3.05) is 5.75 Å². The van der Waals surface area contributed by atoms with Crippen LogP contribution in [0.4, 0.5) is 0 Å². The van der Waals surface area contributed by atoms with Crippen molar-refractivity contribution in [3.8, 4) is 0 Å². The highest BCUT2D eigenvalue weighted by Gasteiger charge is 2.44. The molecule has 7 nitrogen and oxygen atoms in total. The smallest absolute Gasteiger partial charge is 0.203 e. The molecular formula is C25H23ClO7S2. The van der Waals surface area contributed by atoms with E-state index in [1.54, 1.807) is 0 Å². The van der Waals surface area contributed by atoms with E-state index in [9.17, 15) is 31.2 Å². The number of benzene rings is 2. The Kier molecular flexibility index (Phi) is 6.18. The second-order valence-corrected chi connectivity index (χ2v) is 13.8. The molecule has 2 aromatic carbocycles. The molecular weight excluding hydrogens is 512 g/mol. The highest BCUT2D eigenvalue weighted by atomic mass is 35.5. The zero-order valence-electron chi connectivity index (χ0n) is 19.3. The average Bonchev–Trinajstić information content (AvgIpc) is 2.76. The van der Waals surface area contributed by atoms with Gasteiger partial charge in [-0.1, -0.05) is 25.4 Å². The Hall–Kier alpha value is -2.62. The van der Waals surface area contributed by atoms with Crippen molar-refractivity contribution in [1.82, 2.24) is 0 Å². The van der Waals surface area contributed by atoms with E-state index in [0.717, 1.165) is 0 Å². The number of allylic oxidation sites excluding steroid dienone is 2. The van der Waals surface area contributed by atoms with Crippen molar-refractivity contribution in [3.05, 3.63) is 68.6 Å². The molecule has 1 aliphatic carbocycles. The highest BCUT2D eigenvalue weighted by molar-refractivity contribution is 7.95. The monoisotopic (exact) mass is 534 g/mol. The van der Waals surface area contributed by atoms with Crippen LogP contribution in [-0.2, 0) is 24.5 Å². The summed E-state index contributed by atoms with van der Waals surface area (Å²) in [5.74, 6) is -2.22. The lowest BCUT2D eigenvalue weighted by Gasteiger charge is -2.31. The molecule has 1 heterocycles. The summed E-state index contributed by atoms with van der Waals surface area (Å²) in [6.45, 7) is 4.49. The molecule has 0 radical (unpaired) electrons. The molecule has 1 aliphatic heterocycles. The van der Waals surface area contributed by atoms with Crippen molar-refractivity contribution in [2.24, 2.45) is 5.41 Å². The third-order valence-electron chi connectivity index (χ3n) is 6.44. The minimum absolute atomic E-state index is 0.00209. The first-order chi connectivity index (χ1) is 16.2. The number of sulfone groups is 2. The molecule has 0 amide bonds. The molecule has 2 aromatic rings. The second kappa shape index (κ2) is 8.50. The third kappa shape index (κ3) is 4.19. The average molecular weight is 535 g/mol. The predicted molar refractivity (Wildman–Crippen MR) is 130 cm³/mol. The largest absolute Gasteiger partial charge is 0.294 e. The molecule has 0 fully saturated rings. The Balaban J connectivity index is 1.93. The van der Waals surface area contributed by atoms with E-state index in [2.05, 4.69) is 0 Å². The first kappa shape index (κ1) is 25.5. The molecule has 0 bridgehead atoms. The summed E-state index contributed by atoms with van der Waals surface area (Å²) in [5.41, 5.74) is -1.68. The van der Waals surface area contributed by atoms with E-state index in [-0.39, 0.29) is 56.4 Å². The molecule has 0 aromatic heterocycles. The van der Waals surface area contributed by atoms with Crippen LogP contribution in [-0.4, -0.2) is 39.9 Å². The molecule has 0 saturated carbocycles. The van der Waals surface area contributed by atoms with Crippen molar-refractivity contribution < 1.29 is 31.2 Å². The van der Waals surface area contributed by atoms with Gasteiger partial charge in [0.05, 0.1) is 26.0 Å². The van der Waals surface area contributed by atoms with Gasteiger partial charge in [-0.2, -0.15) is 0 Å². The summed E-state index contributed by atoms with van der Waals surface area (Å²) in [7, 11) is -7.95. The quantitative estimate of drug-likeness (QED) is 0.423. The van der Waals surface area contributed by atoms with Gasteiger partial charge in [-0.05, 0) is 61.7 Å². The standard InChI is InChI=1S/C25H23ClO7S2/c1-14-17(11-12-19-21(14)24(29)25(2,3)13-34(19,30)31)23(28)22-18(27)5-4-6-20(22)35(32,33)16-9-7-15(26)8-10-16/h7-12H,4-6,13H2,1-3H3. The molecule has 10 heteroatoms. The van der Waals surface area contributed by atoms with E-state index in [0.29, 0.717) is 5.02 Å². The number of fused-ring (bicyclic) bond motifs is 1. The van der Waals surface area contributed by atoms with Crippen LogP contribution in [0.25, 0.3) is 0 Å². The van der Waals surface area contributed by atoms with Gasteiger partial charge in [0.15, 0.2) is 27.2 Å². The number of carbonyl (C=O) groups excluding carboxylic acids is 3. The fraction of sp³-hybridized carbons (Fsp3) is 0.320. The highest BCUT2D eigenvalue weighted by Crippen LogP contribution is 2.39. The van der Waals surface area contributed by atoms with E-state index in [1.807, 2.05) is 0 Å². The maximum absolute atomic E-state index is 13.7. The first-order valence-electron chi connectivity index (χ1n) is 10.9. The van der Waals surface area contributed by atoms with Crippen LogP contribution < -0.4 is 0 Å². The van der Waals surface area contributed by atoms with E-state index < -0.39 is 48.0 Å². The van der Waals surface area contributed by atoms with Crippen molar-refractivity contribution >= 4 is 48.6 Å². The van der Waals surface area contributed by atoms with Gasteiger partial charge in [-0.3, -0.25) is 14.4 Å². The van der Waals surface area contributed by atoms with Crippen molar-refractivity contribution in [3.63, 3.8) is 0 Å². The molecule has 0 atom stereocenters. The van der Waals surface area contributed by atoms with Crippen LogP contribution in [0.1, 0.15) is 59.4 Å². The van der Waals surface area contributed by atoms with Gasteiger partial charge in [-0.15, -0.1) is 0 Å². The molecule has 4 rings (SSSR count). The number of Topliss-reactive ketones (excluding diaryl/α,β-unsaturated/α-hetero) is 3. The van der Waals surface area contributed by atoms with Crippen LogP contribution in [0.15, 0.2) is 56.7 Å². The Labute approximate surface area is 209 Å². The molecule has 0 N–H and O–H groups in total. The number of hydrogen-bond donors (Lipinski definition) is 0. The Morgan fingerprint density at radius 3 is 2.26 bits per heavy atom.